The molecule has 3 rings (SSSR count). The minimum Gasteiger partial charge on any atom is -0.477 e. The van der Waals surface area contributed by atoms with Gasteiger partial charge in [-0.25, -0.2) is 0 Å². The van der Waals surface area contributed by atoms with Crippen molar-refractivity contribution in [2.45, 2.75) is 56.6 Å². The molecule has 2 aromatic rings. The summed E-state index contributed by atoms with van der Waals surface area (Å²) in [4.78, 5) is 1.13. The summed E-state index contributed by atoms with van der Waals surface area (Å²) in [5.41, 5.74) is 3.98. The molecule has 0 atom stereocenters. The molecule has 2 nitrogen and oxygen atoms in total. The smallest absolute Gasteiger partial charge is 0.221 e. The Kier molecular flexibility index (Phi) is 9.23. The number of benzene rings is 2. The molecule has 1 saturated carbocycles. The van der Waals surface area contributed by atoms with Crippen molar-refractivity contribution in [3.63, 3.8) is 0 Å². The van der Waals surface area contributed by atoms with Crippen LogP contribution < -0.4 is 0 Å². The normalized spacial score (nSPS) is 15.7. The van der Waals surface area contributed by atoms with E-state index >= 15 is 0 Å². The van der Waals surface area contributed by atoms with E-state index < -0.39 is 0 Å². The molecule has 1 aliphatic rings. The van der Waals surface area contributed by atoms with Crippen molar-refractivity contribution in [1.29, 1.82) is 0 Å². The Morgan fingerprint density at radius 1 is 1.03 bits per heavy atom. The molecule has 0 amide bonds. The molecule has 1 fully saturated rings. The molecule has 0 bridgehead atoms. The zero-order valence-corrected chi connectivity index (χ0v) is 19.1. The van der Waals surface area contributed by atoms with Crippen LogP contribution in [0.15, 0.2) is 69.3 Å². The van der Waals surface area contributed by atoms with Gasteiger partial charge in [0.2, 0.25) is 5.90 Å². The van der Waals surface area contributed by atoms with E-state index in [1.54, 1.807) is 11.8 Å². The Bertz CT molecular complexity index is 808. The Labute approximate surface area is 184 Å². The van der Waals surface area contributed by atoms with E-state index in [2.05, 4.69) is 72.2 Å². The first kappa shape index (κ1) is 22.0. The second kappa shape index (κ2) is 12.1. The van der Waals surface area contributed by atoms with Gasteiger partial charge in [-0.3, -0.25) is 0 Å². The number of ether oxygens (including phenoxy) is 1. The lowest BCUT2D eigenvalue weighted by molar-refractivity contribution is 0.201. The first-order valence-electron chi connectivity index (χ1n) is 10.5. The molecular weight excluding hydrogens is 394 g/mol. The predicted molar refractivity (Wildman–Crippen MR) is 129 cm³/mol. The van der Waals surface area contributed by atoms with Gasteiger partial charge in [-0.2, -0.15) is 4.40 Å². The third-order valence-corrected chi connectivity index (χ3v) is 6.82. The number of nitrogens with zero attached hydrogens (tertiary/aromatic N) is 1. The van der Waals surface area contributed by atoms with Gasteiger partial charge in [0.25, 0.3) is 0 Å². The minimum absolute atomic E-state index is 0.673. The lowest BCUT2D eigenvalue weighted by Crippen LogP contribution is -2.15. The molecule has 0 aromatic heterocycles. The quantitative estimate of drug-likeness (QED) is 0.245. The van der Waals surface area contributed by atoms with E-state index in [1.807, 2.05) is 6.08 Å². The summed E-state index contributed by atoms with van der Waals surface area (Å²) in [6.45, 7) is 5.04. The van der Waals surface area contributed by atoms with Crippen LogP contribution in [0.1, 0.15) is 48.8 Å². The van der Waals surface area contributed by atoms with Gasteiger partial charge in [-0.05, 0) is 61.3 Å². The van der Waals surface area contributed by atoms with Gasteiger partial charge in [0.15, 0.2) is 0 Å². The second-order valence-corrected chi connectivity index (χ2v) is 9.42. The third-order valence-electron chi connectivity index (χ3n) is 5.26. The molecule has 0 heterocycles. The summed E-state index contributed by atoms with van der Waals surface area (Å²) in [5.74, 6) is 2.36. The van der Waals surface area contributed by atoms with Crippen LogP contribution in [-0.4, -0.2) is 12.5 Å². The number of hydrogen-bond donors (Lipinski definition) is 0. The molecule has 154 valence electrons. The Balaban J connectivity index is 1.58. The molecule has 0 spiro atoms. The SMILES string of the molecule is Cc1ccc(SN=C(/C=C/SCc2ccccc2C)OCC2CCCCC2)cc1. The zero-order valence-electron chi connectivity index (χ0n) is 17.5. The van der Waals surface area contributed by atoms with E-state index in [9.17, 15) is 0 Å². The molecule has 0 saturated heterocycles. The van der Waals surface area contributed by atoms with Crippen molar-refractivity contribution in [2.75, 3.05) is 6.61 Å². The van der Waals surface area contributed by atoms with E-state index in [0.717, 1.165) is 23.2 Å². The molecule has 4 heteroatoms. The highest BCUT2D eigenvalue weighted by Gasteiger charge is 2.14. The number of thioether (sulfide) groups is 1. The van der Waals surface area contributed by atoms with Gasteiger partial charge in [0, 0.05) is 28.7 Å². The maximum Gasteiger partial charge on any atom is 0.221 e. The van der Waals surface area contributed by atoms with E-state index in [0.29, 0.717) is 5.92 Å². The van der Waals surface area contributed by atoms with Gasteiger partial charge in [0.05, 0.1) is 6.61 Å². The van der Waals surface area contributed by atoms with Crippen LogP contribution in [0.25, 0.3) is 0 Å². The highest BCUT2D eigenvalue weighted by atomic mass is 32.2. The van der Waals surface area contributed by atoms with Crippen molar-refractivity contribution >= 4 is 29.6 Å². The minimum atomic E-state index is 0.673. The maximum atomic E-state index is 6.13. The lowest BCUT2D eigenvalue weighted by atomic mass is 9.90. The van der Waals surface area contributed by atoms with E-state index in [4.69, 9.17) is 4.74 Å². The van der Waals surface area contributed by atoms with Gasteiger partial charge in [-0.15, -0.1) is 11.8 Å². The Hall–Kier alpha value is -1.65. The van der Waals surface area contributed by atoms with Crippen LogP contribution in [0, 0.1) is 19.8 Å². The Morgan fingerprint density at radius 3 is 2.55 bits per heavy atom. The molecule has 2 aromatic carbocycles. The summed E-state index contributed by atoms with van der Waals surface area (Å²) in [6, 6.07) is 17.0. The van der Waals surface area contributed by atoms with Crippen LogP contribution in [0.3, 0.4) is 0 Å². The fourth-order valence-corrected chi connectivity index (χ4v) is 4.75. The van der Waals surface area contributed by atoms with Gasteiger partial charge in [-0.1, -0.05) is 61.2 Å². The fourth-order valence-electron chi connectivity index (χ4n) is 3.37. The van der Waals surface area contributed by atoms with Crippen LogP contribution >= 0.6 is 23.7 Å². The van der Waals surface area contributed by atoms with Gasteiger partial charge >= 0.3 is 0 Å². The molecular formula is C25H31NOS2. The molecule has 0 N–H and O–H groups in total. The highest BCUT2D eigenvalue weighted by molar-refractivity contribution is 8.01. The topological polar surface area (TPSA) is 21.6 Å². The summed E-state index contributed by atoms with van der Waals surface area (Å²) in [6.07, 6.45) is 8.62. The molecule has 0 radical (unpaired) electrons. The number of rotatable bonds is 8. The van der Waals surface area contributed by atoms with Crippen LogP contribution in [-0.2, 0) is 10.5 Å². The number of aryl methyl sites for hydroxylation is 2. The van der Waals surface area contributed by atoms with Crippen molar-refractivity contribution in [1.82, 2.24) is 0 Å². The summed E-state index contributed by atoms with van der Waals surface area (Å²) >= 11 is 3.27. The average molecular weight is 426 g/mol. The monoisotopic (exact) mass is 425 g/mol. The van der Waals surface area contributed by atoms with Crippen molar-refractivity contribution in [3.8, 4) is 0 Å². The first-order chi connectivity index (χ1) is 14.2. The van der Waals surface area contributed by atoms with E-state index in [-0.39, 0.29) is 0 Å². The molecule has 29 heavy (non-hydrogen) atoms. The summed E-state index contributed by atoms with van der Waals surface area (Å²) in [5, 5.41) is 2.11. The maximum absolute atomic E-state index is 6.13. The summed E-state index contributed by atoms with van der Waals surface area (Å²) < 4.78 is 10.8. The second-order valence-electron chi connectivity index (χ2n) is 7.69. The van der Waals surface area contributed by atoms with Crippen LogP contribution in [0.5, 0.6) is 0 Å². The van der Waals surface area contributed by atoms with Crippen molar-refractivity contribution < 1.29 is 4.74 Å². The lowest BCUT2D eigenvalue weighted by Gasteiger charge is -2.21. The average Bonchev–Trinajstić information content (AvgIpc) is 2.75. The Morgan fingerprint density at radius 2 is 1.79 bits per heavy atom. The number of hydrogen-bond acceptors (Lipinski definition) is 4. The fraction of sp³-hybridized carbons (Fsp3) is 0.400. The predicted octanol–water partition coefficient (Wildman–Crippen LogP) is 7.75. The molecule has 0 aliphatic heterocycles. The van der Waals surface area contributed by atoms with Gasteiger partial charge in [0.1, 0.15) is 0 Å². The molecule has 1 aliphatic carbocycles. The largest absolute Gasteiger partial charge is 0.477 e. The van der Waals surface area contributed by atoms with Crippen molar-refractivity contribution in [3.05, 3.63) is 76.7 Å². The van der Waals surface area contributed by atoms with Crippen molar-refractivity contribution in [2.24, 2.45) is 10.3 Å². The third kappa shape index (κ3) is 7.94. The molecule has 0 unspecified atom stereocenters. The zero-order chi connectivity index (χ0) is 20.3. The van der Waals surface area contributed by atoms with E-state index in [1.165, 1.54) is 60.7 Å². The van der Waals surface area contributed by atoms with Crippen LogP contribution in [0.4, 0.5) is 0 Å². The van der Waals surface area contributed by atoms with Gasteiger partial charge < -0.3 is 4.74 Å². The first-order valence-corrected chi connectivity index (χ1v) is 12.3. The van der Waals surface area contributed by atoms with Crippen LogP contribution in [0.2, 0.25) is 0 Å². The highest BCUT2D eigenvalue weighted by Crippen LogP contribution is 2.25. The standard InChI is InChI=1S/C25H31NOS2/c1-20-12-14-24(15-13-20)29-26-25(27-18-22-9-4-3-5-10-22)16-17-28-19-23-11-7-6-8-21(23)2/h6-8,11-17,22H,3-5,9-10,18-19H2,1-2H3/b17-16+,26-25?. The summed E-state index contributed by atoms with van der Waals surface area (Å²) in [7, 11) is 0.